The van der Waals surface area contributed by atoms with Gasteiger partial charge >= 0.3 is 0 Å². The van der Waals surface area contributed by atoms with Crippen LogP contribution in [-0.2, 0) is 21.4 Å². The summed E-state index contributed by atoms with van der Waals surface area (Å²) in [5.41, 5.74) is 0.601. The van der Waals surface area contributed by atoms with Crippen molar-refractivity contribution < 1.29 is 22.4 Å². The van der Waals surface area contributed by atoms with E-state index in [-0.39, 0.29) is 17.3 Å². The lowest BCUT2D eigenvalue weighted by Gasteiger charge is -2.26. The van der Waals surface area contributed by atoms with Crippen molar-refractivity contribution in [1.82, 2.24) is 9.62 Å². The van der Waals surface area contributed by atoms with Crippen LogP contribution in [0.2, 0.25) is 0 Å². The fourth-order valence-corrected chi connectivity index (χ4v) is 4.77. The number of hydrogen-bond donors (Lipinski definition) is 1. The maximum atomic E-state index is 13.0. The van der Waals surface area contributed by atoms with Gasteiger partial charge in [-0.3, -0.25) is 4.79 Å². The van der Waals surface area contributed by atoms with Crippen LogP contribution in [0.5, 0.6) is 5.75 Å². The zero-order valence-corrected chi connectivity index (χ0v) is 16.6. The lowest BCUT2D eigenvalue weighted by Crippen LogP contribution is -2.35. The van der Waals surface area contributed by atoms with E-state index in [0.29, 0.717) is 30.2 Å². The summed E-state index contributed by atoms with van der Waals surface area (Å²) in [7, 11) is -2.20. The van der Waals surface area contributed by atoms with E-state index in [9.17, 15) is 13.2 Å². The molecule has 0 saturated carbocycles. The van der Waals surface area contributed by atoms with Crippen LogP contribution >= 0.6 is 0 Å². The topological polar surface area (TPSA) is 88.8 Å². The highest BCUT2D eigenvalue weighted by Crippen LogP contribution is 2.29. The first-order valence-electron chi connectivity index (χ1n) is 9.17. The molecule has 1 aromatic carbocycles. The average Bonchev–Trinajstić information content (AvgIpc) is 3.25. The minimum absolute atomic E-state index is 0.120. The summed E-state index contributed by atoms with van der Waals surface area (Å²) >= 11 is 0. The Labute approximate surface area is 165 Å². The highest BCUT2D eigenvalue weighted by molar-refractivity contribution is 7.89. The maximum Gasteiger partial charge on any atom is 0.246 e. The SMILES string of the molecule is COc1ccc(/C=C/C(=O)NCc2ccco2)cc1S(=O)(=O)N1CCCCC1. The molecule has 0 aliphatic carbocycles. The number of ether oxygens (including phenoxy) is 1. The zero-order chi connectivity index (χ0) is 20.0. The van der Waals surface area contributed by atoms with E-state index in [1.165, 1.54) is 17.5 Å². The average molecular weight is 404 g/mol. The summed E-state index contributed by atoms with van der Waals surface area (Å²) < 4.78 is 38.0. The highest BCUT2D eigenvalue weighted by atomic mass is 32.2. The number of hydrogen-bond acceptors (Lipinski definition) is 5. The van der Waals surface area contributed by atoms with Crippen LogP contribution in [0.25, 0.3) is 6.08 Å². The minimum Gasteiger partial charge on any atom is -0.495 e. The van der Waals surface area contributed by atoms with Crippen molar-refractivity contribution in [3.8, 4) is 5.75 Å². The predicted octanol–water partition coefficient (Wildman–Crippen LogP) is 2.79. The Balaban J connectivity index is 1.75. The fourth-order valence-electron chi connectivity index (χ4n) is 3.06. The predicted molar refractivity (Wildman–Crippen MR) is 105 cm³/mol. The standard InChI is InChI=1S/C20H24N2O5S/c1-26-18-9-7-16(8-10-20(23)21-15-17-6-5-13-27-17)14-19(18)28(24,25)22-11-3-2-4-12-22/h5-10,13-14H,2-4,11-12,15H2,1H3,(H,21,23)/b10-8+. The molecule has 1 amide bonds. The number of carbonyl (C=O) groups is 1. The molecular weight excluding hydrogens is 380 g/mol. The van der Waals surface area contributed by atoms with Crippen LogP contribution in [0.4, 0.5) is 0 Å². The molecule has 0 spiro atoms. The smallest absolute Gasteiger partial charge is 0.246 e. The molecule has 1 aliphatic rings. The van der Waals surface area contributed by atoms with Gasteiger partial charge in [-0.25, -0.2) is 8.42 Å². The van der Waals surface area contributed by atoms with E-state index >= 15 is 0 Å². The molecule has 0 radical (unpaired) electrons. The number of nitrogens with zero attached hydrogens (tertiary/aromatic N) is 1. The van der Waals surface area contributed by atoms with Crippen molar-refractivity contribution in [2.45, 2.75) is 30.7 Å². The summed E-state index contributed by atoms with van der Waals surface area (Å²) in [6, 6.07) is 8.38. The molecule has 3 rings (SSSR count). The van der Waals surface area contributed by atoms with E-state index < -0.39 is 10.0 Å². The minimum atomic E-state index is -3.64. The van der Waals surface area contributed by atoms with Gasteiger partial charge in [-0.15, -0.1) is 0 Å². The summed E-state index contributed by atoms with van der Waals surface area (Å²) in [6.45, 7) is 1.31. The van der Waals surface area contributed by atoms with Gasteiger partial charge in [0.15, 0.2) is 0 Å². The Kier molecular flexibility index (Phi) is 6.53. The Morgan fingerprint density at radius 2 is 2.04 bits per heavy atom. The molecule has 1 saturated heterocycles. The molecule has 28 heavy (non-hydrogen) atoms. The molecule has 0 atom stereocenters. The number of sulfonamides is 1. The van der Waals surface area contributed by atoms with Crippen molar-refractivity contribution in [2.75, 3.05) is 20.2 Å². The van der Waals surface area contributed by atoms with E-state index in [0.717, 1.165) is 19.3 Å². The lowest BCUT2D eigenvalue weighted by molar-refractivity contribution is -0.116. The van der Waals surface area contributed by atoms with Crippen LogP contribution in [0, 0.1) is 0 Å². The largest absolute Gasteiger partial charge is 0.495 e. The second-order valence-corrected chi connectivity index (χ2v) is 8.41. The third kappa shape index (κ3) is 4.82. The molecule has 0 bridgehead atoms. The number of benzene rings is 1. The van der Waals surface area contributed by atoms with Crippen LogP contribution < -0.4 is 10.1 Å². The van der Waals surface area contributed by atoms with Gasteiger partial charge in [0.2, 0.25) is 15.9 Å². The Morgan fingerprint density at radius 1 is 1.25 bits per heavy atom. The summed E-state index contributed by atoms with van der Waals surface area (Å²) in [5.74, 6) is 0.652. The van der Waals surface area contributed by atoms with Gasteiger partial charge in [0.05, 0.1) is 19.9 Å². The summed E-state index contributed by atoms with van der Waals surface area (Å²) in [6.07, 6.45) is 7.24. The summed E-state index contributed by atoms with van der Waals surface area (Å²) in [4.78, 5) is 12.1. The first-order chi connectivity index (χ1) is 13.5. The van der Waals surface area contributed by atoms with Crippen LogP contribution in [-0.4, -0.2) is 38.8 Å². The van der Waals surface area contributed by atoms with Gasteiger partial charge in [0, 0.05) is 19.2 Å². The molecule has 1 N–H and O–H groups in total. The van der Waals surface area contributed by atoms with Crippen LogP contribution in [0.3, 0.4) is 0 Å². The number of furan rings is 1. The quantitative estimate of drug-likeness (QED) is 0.717. The van der Waals surface area contributed by atoms with Crippen molar-refractivity contribution in [3.63, 3.8) is 0 Å². The maximum absolute atomic E-state index is 13.0. The molecule has 0 unspecified atom stereocenters. The monoisotopic (exact) mass is 404 g/mol. The normalized spacial score (nSPS) is 15.6. The number of nitrogens with one attached hydrogen (secondary N) is 1. The molecule has 150 valence electrons. The van der Waals surface area contributed by atoms with Gasteiger partial charge in [-0.2, -0.15) is 4.31 Å². The first-order valence-corrected chi connectivity index (χ1v) is 10.6. The second-order valence-electron chi connectivity index (χ2n) is 6.51. The molecular formula is C20H24N2O5S. The second kappa shape index (κ2) is 9.07. The van der Waals surface area contributed by atoms with Crippen molar-refractivity contribution in [3.05, 3.63) is 54.0 Å². The number of piperidine rings is 1. The molecule has 2 heterocycles. The molecule has 8 heteroatoms. The number of rotatable bonds is 7. The molecule has 7 nitrogen and oxygen atoms in total. The van der Waals surface area contributed by atoms with E-state index in [2.05, 4.69) is 5.32 Å². The van der Waals surface area contributed by atoms with Crippen molar-refractivity contribution >= 4 is 22.0 Å². The van der Waals surface area contributed by atoms with Gasteiger partial charge in [-0.1, -0.05) is 12.5 Å². The Morgan fingerprint density at radius 3 is 2.71 bits per heavy atom. The highest BCUT2D eigenvalue weighted by Gasteiger charge is 2.28. The molecule has 2 aromatic rings. The lowest BCUT2D eigenvalue weighted by atomic mass is 10.2. The van der Waals surface area contributed by atoms with Gasteiger partial charge in [0.1, 0.15) is 16.4 Å². The number of methoxy groups -OCH3 is 1. The number of amides is 1. The Bertz CT molecular complexity index is 930. The van der Waals surface area contributed by atoms with Gasteiger partial charge in [0.25, 0.3) is 0 Å². The van der Waals surface area contributed by atoms with Gasteiger partial charge < -0.3 is 14.5 Å². The summed E-state index contributed by atoms with van der Waals surface area (Å²) in [5, 5.41) is 2.70. The fraction of sp³-hybridized carbons (Fsp3) is 0.350. The molecule has 1 aliphatic heterocycles. The van der Waals surface area contributed by atoms with E-state index in [1.807, 2.05) is 0 Å². The van der Waals surface area contributed by atoms with E-state index in [4.69, 9.17) is 9.15 Å². The van der Waals surface area contributed by atoms with Gasteiger partial charge in [-0.05, 0) is 48.7 Å². The zero-order valence-electron chi connectivity index (χ0n) is 15.8. The number of carbonyl (C=O) groups excluding carboxylic acids is 1. The third-order valence-corrected chi connectivity index (χ3v) is 6.48. The molecule has 1 aromatic heterocycles. The van der Waals surface area contributed by atoms with Crippen LogP contribution in [0.1, 0.15) is 30.6 Å². The van der Waals surface area contributed by atoms with E-state index in [1.54, 1.807) is 42.7 Å². The first kappa shape index (κ1) is 20.2. The third-order valence-electron chi connectivity index (χ3n) is 4.56. The Hall–Kier alpha value is -2.58. The van der Waals surface area contributed by atoms with Crippen molar-refractivity contribution in [2.24, 2.45) is 0 Å². The molecule has 1 fully saturated rings. The van der Waals surface area contributed by atoms with Crippen LogP contribution in [0.15, 0.2) is 52.0 Å². The van der Waals surface area contributed by atoms with Crippen molar-refractivity contribution in [1.29, 1.82) is 0 Å².